The zero-order valence-electron chi connectivity index (χ0n) is 7.88. The van der Waals surface area contributed by atoms with Gasteiger partial charge in [-0.15, -0.1) is 0 Å². The molecule has 0 heterocycles. The molecule has 0 spiro atoms. The normalized spacial score (nSPS) is 12.6. The van der Waals surface area contributed by atoms with Crippen LogP contribution in [0.2, 0.25) is 5.02 Å². The molecular formula is C10H14ClNO. The zero-order valence-corrected chi connectivity index (χ0v) is 8.64. The van der Waals surface area contributed by atoms with Crippen molar-refractivity contribution >= 4 is 11.6 Å². The molecule has 2 N–H and O–H groups in total. The van der Waals surface area contributed by atoms with Gasteiger partial charge in [-0.1, -0.05) is 17.7 Å². The number of rotatable bonds is 3. The van der Waals surface area contributed by atoms with E-state index in [0.717, 1.165) is 11.3 Å². The summed E-state index contributed by atoms with van der Waals surface area (Å²) >= 11 is 6.00. The second kappa shape index (κ2) is 4.49. The monoisotopic (exact) mass is 199 g/mol. The van der Waals surface area contributed by atoms with Gasteiger partial charge in [0.1, 0.15) is 5.75 Å². The van der Waals surface area contributed by atoms with E-state index in [4.69, 9.17) is 22.1 Å². The van der Waals surface area contributed by atoms with Gasteiger partial charge in [0.25, 0.3) is 0 Å². The Morgan fingerprint density at radius 1 is 1.54 bits per heavy atom. The minimum Gasteiger partial charge on any atom is -0.493 e. The van der Waals surface area contributed by atoms with Crippen molar-refractivity contribution in [3.8, 4) is 5.75 Å². The van der Waals surface area contributed by atoms with E-state index < -0.39 is 0 Å². The minimum atomic E-state index is -0.102. The highest BCUT2D eigenvalue weighted by Crippen LogP contribution is 2.30. The van der Waals surface area contributed by atoms with Crippen LogP contribution in [-0.4, -0.2) is 6.61 Å². The highest BCUT2D eigenvalue weighted by atomic mass is 35.5. The molecule has 0 fully saturated rings. The van der Waals surface area contributed by atoms with Gasteiger partial charge >= 0.3 is 0 Å². The summed E-state index contributed by atoms with van der Waals surface area (Å²) in [4.78, 5) is 0. The molecule has 1 aromatic carbocycles. The molecule has 1 atom stereocenters. The lowest BCUT2D eigenvalue weighted by Crippen LogP contribution is -2.08. The number of hydrogen-bond acceptors (Lipinski definition) is 2. The fourth-order valence-corrected chi connectivity index (χ4v) is 1.58. The molecule has 0 aliphatic carbocycles. The lowest BCUT2D eigenvalue weighted by molar-refractivity contribution is 0.335. The summed E-state index contributed by atoms with van der Waals surface area (Å²) in [6.07, 6.45) is 0. The third-order valence-corrected chi connectivity index (χ3v) is 2.10. The van der Waals surface area contributed by atoms with Crippen molar-refractivity contribution in [2.24, 2.45) is 5.73 Å². The predicted molar refractivity (Wildman–Crippen MR) is 55.2 cm³/mol. The molecule has 0 aromatic heterocycles. The minimum absolute atomic E-state index is 0.102. The smallest absolute Gasteiger partial charge is 0.125 e. The van der Waals surface area contributed by atoms with Crippen molar-refractivity contribution in [3.05, 3.63) is 28.8 Å². The van der Waals surface area contributed by atoms with E-state index in [9.17, 15) is 0 Å². The maximum Gasteiger partial charge on any atom is 0.125 e. The van der Waals surface area contributed by atoms with Gasteiger partial charge in [0.05, 0.1) is 6.61 Å². The van der Waals surface area contributed by atoms with Crippen molar-refractivity contribution in [1.82, 2.24) is 0 Å². The van der Waals surface area contributed by atoms with Crippen LogP contribution < -0.4 is 10.5 Å². The molecule has 0 bridgehead atoms. The van der Waals surface area contributed by atoms with Gasteiger partial charge < -0.3 is 10.5 Å². The third-order valence-electron chi connectivity index (χ3n) is 1.77. The van der Waals surface area contributed by atoms with E-state index in [1.807, 2.05) is 32.0 Å². The second-order valence-electron chi connectivity index (χ2n) is 2.87. The Balaban J connectivity index is 3.10. The lowest BCUT2D eigenvalue weighted by Gasteiger charge is -2.14. The number of benzene rings is 1. The topological polar surface area (TPSA) is 35.2 Å². The summed E-state index contributed by atoms with van der Waals surface area (Å²) in [5.74, 6) is 0.782. The lowest BCUT2D eigenvalue weighted by atomic mass is 10.1. The van der Waals surface area contributed by atoms with Crippen molar-refractivity contribution in [1.29, 1.82) is 0 Å². The predicted octanol–water partition coefficient (Wildman–Crippen LogP) is 2.76. The molecule has 72 valence electrons. The van der Waals surface area contributed by atoms with E-state index in [0.29, 0.717) is 11.6 Å². The Morgan fingerprint density at radius 3 is 2.77 bits per heavy atom. The number of nitrogens with two attached hydrogens (primary N) is 1. The standard InChI is InChI=1S/C10H14ClNO/c1-3-13-9-6-4-5-8(11)10(9)7(2)12/h4-7H,3,12H2,1-2H3/t7-/m1/s1. The Bertz CT molecular complexity index is 286. The molecule has 2 nitrogen and oxygen atoms in total. The van der Waals surface area contributed by atoms with Gasteiger partial charge in [0.2, 0.25) is 0 Å². The first kappa shape index (κ1) is 10.4. The number of ether oxygens (including phenoxy) is 1. The van der Waals surface area contributed by atoms with Gasteiger partial charge in [0, 0.05) is 16.6 Å². The first-order valence-electron chi connectivity index (χ1n) is 4.33. The summed E-state index contributed by atoms with van der Waals surface area (Å²) in [6.45, 7) is 4.45. The first-order valence-corrected chi connectivity index (χ1v) is 4.71. The molecule has 13 heavy (non-hydrogen) atoms. The van der Waals surface area contributed by atoms with Crippen LogP contribution in [0, 0.1) is 0 Å². The van der Waals surface area contributed by atoms with Crippen LogP contribution in [0.3, 0.4) is 0 Å². The summed E-state index contributed by atoms with van der Waals surface area (Å²) in [5, 5.41) is 0.668. The fourth-order valence-electron chi connectivity index (χ4n) is 1.24. The number of halogens is 1. The van der Waals surface area contributed by atoms with Crippen molar-refractivity contribution in [2.75, 3.05) is 6.61 Å². The van der Waals surface area contributed by atoms with E-state index in [1.165, 1.54) is 0 Å². The SMILES string of the molecule is CCOc1cccc(Cl)c1[C@@H](C)N. The summed E-state index contributed by atoms with van der Waals surface area (Å²) in [6, 6.07) is 5.46. The maximum atomic E-state index is 6.00. The van der Waals surface area contributed by atoms with E-state index in [2.05, 4.69) is 0 Å². The highest BCUT2D eigenvalue weighted by molar-refractivity contribution is 6.31. The number of hydrogen-bond donors (Lipinski definition) is 1. The molecule has 1 aromatic rings. The summed E-state index contributed by atoms with van der Waals surface area (Å²) in [5.41, 5.74) is 6.66. The fraction of sp³-hybridized carbons (Fsp3) is 0.400. The van der Waals surface area contributed by atoms with Crippen molar-refractivity contribution in [2.45, 2.75) is 19.9 Å². The van der Waals surface area contributed by atoms with Gasteiger partial charge in [-0.2, -0.15) is 0 Å². The van der Waals surface area contributed by atoms with E-state index >= 15 is 0 Å². The second-order valence-corrected chi connectivity index (χ2v) is 3.28. The molecule has 0 aliphatic rings. The summed E-state index contributed by atoms with van der Waals surface area (Å²) in [7, 11) is 0. The molecule has 0 unspecified atom stereocenters. The van der Waals surface area contributed by atoms with Gasteiger partial charge in [-0.3, -0.25) is 0 Å². The zero-order chi connectivity index (χ0) is 9.84. The molecule has 3 heteroatoms. The highest BCUT2D eigenvalue weighted by Gasteiger charge is 2.11. The molecule has 0 amide bonds. The van der Waals surface area contributed by atoms with Crippen LogP contribution in [0.15, 0.2) is 18.2 Å². The van der Waals surface area contributed by atoms with Gasteiger partial charge in [-0.05, 0) is 26.0 Å². The summed E-state index contributed by atoms with van der Waals surface area (Å²) < 4.78 is 5.41. The average Bonchev–Trinajstić information content (AvgIpc) is 2.04. The molecule has 0 saturated heterocycles. The Labute approximate surface area is 83.6 Å². The first-order chi connectivity index (χ1) is 6.16. The van der Waals surface area contributed by atoms with Crippen LogP contribution >= 0.6 is 11.6 Å². The van der Waals surface area contributed by atoms with Crippen LogP contribution in [0.4, 0.5) is 0 Å². The Morgan fingerprint density at radius 2 is 2.23 bits per heavy atom. The van der Waals surface area contributed by atoms with Crippen molar-refractivity contribution < 1.29 is 4.74 Å². The van der Waals surface area contributed by atoms with Crippen LogP contribution in [0.5, 0.6) is 5.75 Å². The van der Waals surface area contributed by atoms with E-state index in [-0.39, 0.29) is 6.04 Å². The molecular weight excluding hydrogens is 186 g/mol. The van der Waals surface area contributed by atoms with E-state index in [1.54, 1.807) is 0 Å². The van der Waals surface area contributed by atoms with Gasteiger partial charge in [0.15, 0.2) is 0 Å². The van der Waals surface area contributed by atoms with Crippen LogP contribution in [0.1, 0.15) is 25.5 Å². The Kier molecular flexibility index (Phi) is 3.58. The average molecular weight is 200 g/mol. The third kappa shape index (κ3) is 2.36. The van der Waals surface area contributed by atoms with Gasteiger partial charge in [-0.25, -0.2) is 0 Å². The largest absolute Gasteiger partial charge is 0.493 e. The van der Waals surface area contributed by atoms with Crippen LogP contribution in [0.25, 0.3) is 0 Å². The van der Waals surface area contributed by atoms with Crippen molar-refractivity contribution in [3.63, 3.8) is 0 Å². The molecule has 0 saturated carbocycles. The molecule has 0 radical (unpaired) electrons. The Hall–Kier alpha value is -0.730. The molecule has 0 aliphatic heterocycles. The maximum absolute atomic E-state index is 6.00. The van der Waals surface area contributed by atoms with Crippen LogP contribution in [-0.2, 0) is 0 Å². The molecule has 1 rings (SSSR count). The quantitative estimate of drug-likeness (QED) is 0.813.